The molecule has 2 rings (SSSR count). The first-order valence-corrected chi connectivity index (χ1v) is 6.87. The third-order valence-electron chi connectivity index (χ3n) is 2.98. The number of benzene rings is 2. The van der Waals surface area contributed by atoms with Gasteiger partial charge < -0.3 is 14.7 Å². The summed E-state index contributed by atoms with van der Waals surface area (Å²) in [5.74, 6) is -0.131. The Kier molecular flexibility index (Phi) is 5.02. The van der Waals surface area contributed by atoms with Crippen LogP contribution in [-0.2, 0) is 6.54 Å². The summed E-state index contributed by atoms with van der Waals surface area (Å²) in [6, 6.07) is 9.66. The first-order chi connectivity index (χ1) is 10.9. The Bertz CT molecular complexity index is 750. The minimum absolute atomic E-state index is 0.111. The van der Waals surface area contributed by atoms with E-state index in [4.69, 9.17) is 16.3 Å². The van der Waals surface area contributed by atoms with Crippen LogP contribution in [0.25, 0.3) is 0 Å². The van der Waals surface area contributed by atoms with E-state index in [1.165, 1.54) is 13.1 Å². The standard InChI is InChI=1S/C15H13ClN2O5/c1-17(15(20)23-13-4-2-3-11(16)8-13)9-10-7-12(18(21)22)5-6-14(10)19/h2-8,19H,9H2,1H3/p-1. The van der Waals surface area contributed by atoms with Crippen molar-refractivity contribution in [2.75, 3.05) is 7.05 Å². The number of ether oxygens (including phenoxy) is 1. The molecule has 0 aliphatic rings. The fourth-order valence-corrected chi connectivity index (χ4v) is 2.01. The van der Waals surface area contributed by atoms with Crippen LogP contribution in [0.1, 0.15) is 5.56 Å². The van der Waals surface area contributed by atoms with E-state index in [0.717, 1.165) is 23.1 Å². The molecule has 0 aliphatic carbocycles. The summed E-state index contributed by atoms with van der Waals surface area (Å²) >= 11 is 5.80. The summed E-state index contributed by atoms with van der Waals surface area (Å²) in [6.45, 7) is -0.111. The monoisotopic (exact) mass is 335 g/mol. The van der Waals surface area contributed by atoms with Crippen LogP contribution in [0, 0.1) is 10.1 Å². The van der Waals surface area contributed by atoms with Gasteiger partial charge in [0.2, 0.25) is 0 Å². The van der Waals surface area contributed by atoms with Crippen LogP contribution < -0.4 is 9.84 Å². The van der Waals surface area contributed by atoms with Crippen molar-refractivity contribution in [2.45, 2.75) is 6.54 Å². The van der Waals surface area contributed by atoms with E-state index in [9.17, 15) is 20.0 Å². The number of carbonyl (C=O) groups excluding carboxylic acids is 1. The zero-order chi connectivity index (χ0) is 17.0. The van der Waals surface area contributed by atoms with Crippen molar-refractivity contribution in [3.8, 4) is 11.5 Å². The molecule has 0 heterocycles. The second-order valence-electron chi connectivity index (χ2n) is 4.73. The largest absolute Gasteiger partial charge is 0.872 e. The van der Waals surface area contributed by atoms with Gasteiger partial charge in [-0.3, -0.25) is 10.1 Å². The SMILES string of the molecule is CN(Cc1cc([N+](=O)[O-])ccc1[O-])C(=O)Oc1cccc(Cl)c1. The van der Waals surface area contributed by atoms with Gasteiger partial charge in [0.05, 0.1) is 4.92 Å². The number of hydrogen-bond acceptors (Lipinski definition) is 5. The molecule has 2 aromatic rings. The van der Waals surface area contributed by atoms with Crippen molar-refractivity contribution in [1.82, 2.24) is 4.90 Å². The number of carbonyl (C=O) groups is 1. The Balaban J connectivity index is 2.09. The maximum absolute atomic E-state index is 12.0. The number of nitro groups is 1. The normalized spacial score (nSPS) is 10.2. The Morgan fingerprint density at radius 3 is 2.70 bits per heavy atom. The Labute approximate surface area is 136 Å². The molecular weight excluding hydrogens is 324 g/mol. The minimum atomic E-state index is -0.710. The van der Waals surface area contributed by atoms with Crippen molar-refractivity contribution >= 4 is 23.4 Å². The molecule has 120 valence electrons. The quantitative estimate of drug-likeness (QED) is 0.632. The van der Waals surface area contributed by atoms with Gasteiger partial charge in [0.15, 0.2) is 0 Å². The first-order valence-electron chi connectivity index (χ1n) is 6.49. The zero-order valence-corrected chi connectivity index (χ0v) is 12.8. The highest BCUT2D eigenvalue weighted by Crippen LogP contribution is 2.23. The lowest BCUT2D eigenvalue weighted by Gasteiger charge is -2.20. The van der Waals surface area contributed by atoms with Crippen molar-refractivity contribution in [2.24, 2.45) is 0 Å². The number of amides is 1. The van der Waals surface area contributed by atoms with E-state index < -0.39 is 16.8 Å². The number of non-ortho nitro benzene ring substituents is 1. The molecule has 0 radical (unpaired) electrons. The van der Waals surface area contributed by atoms with Crippen LogP contribution in [0.5, 0.6) is 11.5 Å². The fraction of sp³-hybridized carbons (Fsp3) is 0.133. The topological polar surface area (TPSA) is 95.7 Å². The Morgan fingerprint density at radius 1 is 1.30 bits per heavy atom. The van der Waals surface area contributed by atoms with Crippen LogP contribution >= 0.6 is 11.6 Å². The van der Waals surface area contributed by atoms with Gasteiger partial charge in [-0.1, -0.05) is 23.7 Å². The summed E-state index contributed by atoms with van der Waals surface area (Å²) in [6.07, 6.45) is -0.710. The average Bonchev–Trinajstić information content (AvgIpc) is 2.49. The summed E-state index contributed by atoms with van der Waals surface area (Å²) in [5, 5.41) is 22.9. The maximum atomic E-state index is 12.0. The van der Waals surface area contributed by atoms with Crippen LogP contribution in [0.2, 0.25) is 5.02 Å². The summed E-state index contributed by atoms with van der Waals surface area (Å²) in [7, 11) is 1.42. The van der Waals surface area contributed by atoms with Gasteiger partial charge in [-0.25, -0.2) is 4.79 Å². The van der Waals surface area contributed by atoms with E-state index in [2.05, 4.69) is 0 Å². The van der Waals surface area contributed by atoms with Crippen molar-refractivity contribution in [3.05, 3.63) is 63.2 Å². The molecule has 0 N–H and O–H groups in total. The van der Waals surface area contributed by atoms with Crippen molar-refractivity contribution in [3.63, 3.8) is 0 Å². The van der Waals surface area contributed by atoms with E-state index in [1.54, 1.807) is 18.2 Å². The number of rotatable bonds is 4. The molecule has 0 atom stereocenters. The van der Waals surface area contributed by atoms with Gasteiger partial charge in [0.1, 0.15) is 5.75 Å². The lowest BCUT2D eigenvalue weighted by molar-refractivity contribution is -0.385. The van der Waals surface area contributed by atoms with E-state index in [-0.39, 0.29) is 23.5 Å². The molecule has 0 bridgehead atoms. The maximum Gasteiger partial charge on any atom is 0.415 e. The molecule has 0 saturated heterocycles. The zero-order valence-electron chi connectivity index (χ0n) is 12.1. The van der Waals surface area contributed by atoms with Gasteiger partial charge in [0.25, 0.3) is 5.69 Å². The lowest BCUT2D eigenvalue weighted by atomic mass is 10.1. The molecular formula is C15H12ClN2O5-. The van der Waals surface area contributed by atoms with Gasteiger partial charge in [-0.15, -0.1) is 5.75 Å². The van der Waals surface area contributed by atoms with E-state index in [1.807, 2.05) is 0 Å². The summed E-state index contributed by atoms with van der Waals surface area (Å²) in [4.78, 5) is 23.3. The van der Waals surface area contributed by atoms with Gasteiger partial charge in [0, 0.05) is 30.7 Å². The molecule has 0 aromatic heterocycles. The predicted molar refractivity (Wildman–Crippen MR) is 81.5 cm³/mol. The summed E-state index contributed by atoms with van der Waals surface area (Å²) < 4.78 is 5.11. The number of halogens is 1. The highest BCUT2D eigenvalue weighted by atomic mass is 35.5. The fourth-order valence-electron chi connectivity index (χ4n) is 1.83. The molecule has 0 aliphatic heterocycles. The first kappa shape index (κ1) is 16.6. The predicted octanol–water partition coefficient (Wildman–Crippen LogP) is 2.95. The minimum Gasteiger partial charge on any atom is -0.872 e. The molecule has 1 amide bonds. The smallest absolute Gasteiger partial charge is 0.415 e. The second kappa shape index (κ2) is 6.97. The van der Waals surface area contributed by atoms with E-state index >= 15 is 0 Å². The molecule has 0 fully saturated rings. The Morgan fingerprint density at radius 2 is 2.04 bits per heavy atom. The Hall–Kier alpha value is -2.80. The number of nitrogens with zero attached hydrogens (tertiary/aromatic N) is 2. The molecule has 0 saturated carbocycles. The van der Waals surface area contributed by atoms with Crippen molar-refractivity contribution < 1.29 is 19.6 Å². The van der Waals surface area contributed by atoms with Gasteiger partial charge in [-0.2, -0.15) is 0 Å². The van der Waals surface area contributed by atoms with Gasteiger partial charge >= 0.3 is 6.09 Å². The lowest BCUT2D eigenvalue weighted by Crippen LogP contribution is -2.29. The van der Waals surface area contributed by atoms with Crippen LogP contribution in [0.15, 0.2) is 42.5 Å². The molecule has 7 nitrogen and oxygen atoms in total. The van der Waals surface area contributed by atoms with Crippen LogP contribution in [-0.4, -0.2) is 23.0 Å². The highest BCUT2D eigenvalue weighted by molar-refractivity contribution is 6.30. The third-order valence-corrected chi connectivity index (χ3v) is 3.21. The molecule has 8 heteroatoms. The van der Waals surface area contributed by atoms with Gasteiger partial charge in [-0.05, 0) is 23.8 Å². The average molecular weight is 336 g/mol. The van der Waals surface area contributed by atoms with Crippen molar-refractivity contribution in [1.29, 1.82) is 0 Å². The number of nitro benzene ring substituents is 1. The van der Waals surface area contributed by atoms with Crippen LogP contribution in [0.4, 0.5) is 10.5 Å². The third kappa shape index (κ3) is 4.33. The van der Waals surface area contributed by atoms with E-state index in [0.29, 0.717) is 5.02 Å². The molecule has 0 spiro atoms. The molecule has 23 heavy (non-hydrogen) atoms. The number of hydrogen-bond donors (Lipinski definition) is 0. The van der Waals surface area contributed by atoms with Crippen LogP contribution in [0.3, 0.4) is 0 Å². The second-order valence-corrected chi connectivity index (χ2v) is 5.17. The summed E-state index contributed by atoms with van der Waals surface area (Å²) in [5.41, 5.74) is -0.0825. The molecule has 0 unspecified atom stereocenters. The molecule has 2 aromatic carbocycles. The highest BCUT2D eigenvalue weighted by Gasteiger charge is 2.14.